The average Bonchev–Trinajstić information content (AvgIpc) is 2.24. The molecular weight excluding hydrogens is 237 g/mol. The van der Waals surface area contributed by atoms with Crippen LogP contribution in [0.25, 0.3) is 0 Å². The fourth-order valence-corrected chi connectivity index (χ4v) is 1.83. The van der Waals surface area contributed by atoms with Gasteiger partial charge in [-0.1, -0.05) is 39.0 Å². The van der Waals surface area contributed by atoms with Crippen molar-refractivity contribution >= 4 is 17.7 Å². The lowest BCUT2D eigenvalue weighted by molar-refractivity contribution is -0.118. The molecule has 0 aliphatic rings. The van der Waals surface area contributed by atoms with E-state index in [0.717, 1.165) is 0 Å². The van der Waals surface area contributed by atoms with E-state index in [9.17, 15) is 9.18 Å². The minimum absolute atomic E-state index is 0.0619. The molecule has 0 atom stereocenters. The molecule has 1 rings (SSSR count). The number of thioether (sulfide) groups is 1. The minimum atomic E-state index is -0.281. The molecule has 1 amide bonds. The zero-order valence-corrected chi connectivity index (χ0v) is 11.2. The number of halogens is 1. The van der Waals surface area contributed by atoms with Gasteiger partial charge in [0.05, 0.1) is 5.75 Å². The number of hydrogen-bond acceptors (Lipinski definition) is 2. The normalized spacial score (nSPS) is 11.3. The maximum atomic E-state index is 13.3. The van der Waals surface area contributed by atoms with Gasteiger partial charge in [0, 0.05) is 16.9 Å². The molecule has 0 saturated carbocycles. The Morgan fingerprint density at radius 2 is 2.00 bits per heavy atom. The van der Waals surface area contributed by atoms with Gasteiger partial charge in [-0.05, 0) is 6.07 Å². The summed E-state index contributed by atoms with van der Waals surface area (Å²) in [7, 11) is 0. The standard InChI is InChI=1S/C13H18FNOS/c1-13(2,3)17-9-12(16)15-8-10-6-4-5-7-11(10)14/h4-7H,8-9H2,1-3H3,(H,15,16). The number of carbonyl (C=O) groups excluding carboxylic acids is 1. The van der Waals surface area contributed by atoms with Crippen LogP contribution in [0.1, 0.15) is 26.3 Å². The highest BCUT2D eigenvalue weighted by atomic mass is 32.2. The van der Waals surface area contributed by atoms with Crippen molar-refractivity contribution in [1.82, 2.24) is 5.32 Å². The summed E-state index contributed by atoms with van der Waals surface area (Å²) in [5, 5.41) is 2.71. The number of amides is 1. The highest BCUT2D eigenvalue weighted by molar-refractivity contribution is 8.01. The van der Waals surface area contributed by atoms with Gasteiger partial charge >= 0.3 is 0 Å². The van der Waals surface area contributed by atoms with Crippen LogP contribution in [0.3, 0.4) is 0 Å². The number of benzene rings is 1. The summed E-state index contributed by atoms with van der Waals surface area (Å²) in [5.74, 6) is 0.0576. The first-order valence-electron chi connectivity index (χ1n) is 5.52. The smallest absolute Gasteiger partial charge is 0.230 e. The SMILES string of the molecule is CC(C)(C)SCC(=O)NCc1ccccc1F. The van der Waals surface area contributed by atoms with Crippen LogP contribution in [0.4, 0.5) is 4.39 Å². The van der Waals surface area contributed by atoms with Gasteiger partial charge in [0.15, 0.2) is 0 Å². The Balaban J connectivity index is 2.36. The monoisotopic (exact) mass is 255 g/mol. The van der Waals surface area contributed by atoms with Crippen LogP contribution < -0.4 is 5.32 Å². The van der Waals surface area contributed by atoms with Gasteiger partial charge < -0.3 is 5.32 Å². The van der Waals surface area contributed by atoms with E-state index in [1.54, 1.807) is 30.0 Å². The van der Waals surface area contributed by atoms with Gasteiger partial charge in [-0.25, -0.2) is 4.39 Å². The van der Waals surface area contributed by atoms with E-state index in [2.05, 4.69) is 26.1 Å². The van der Waals surface area contributed by atoms with E-state index < -0.39 is 0 Å². The molecule has 0 aliphatic heterocycles. The second-order valence-electron chi connectivity index (χ2n) is 4.77. The lowest BCUT2D eigenvalue weighted by Crippen LogP contribution is -2.26. The van der Waals surface area contributed by atoms with Gasteiger partial charge in [0.2, 0.25) is 5.91 Å². The molecule has 0 saturated heterocycles. The van der Waals surface area contributed by atoms with Crippen molar-refractivity contribution in [3.63, 3.8) is 0 Å². The molecule has 0 fully saturated rings. The summed E-state index contributed by atoms with van der Waals surface area (Å²) in [6, 6.07) is 6.46. The Morgan fingerprint density at radius 1 is 1.35 bits per heavy atom. The molecule has 0 aromatic heterocycles. The molecule has 0 radical (unpaired) electrons. The van der Waals surface area contributed by atoms with Gasteiger partial charge in [0.1, 0.15) is 5.82 Å². The van der Waals surface area contributed by atoms with Crippen LogP contribution in [0.15, 0.2) is 24.3 Å². The average molecular weight is 255 g/mol. The Bertz CT molecular complexity index is 387. The summed E-state index contributed by atoms with van der Waals surface area (Å²) in [6.07, 6.45) is 0. The molecule has 2 nitrogen and oxygen atoms in total. The minimum Gasteiger partial charge on any atom is -0.351 e. The van der Waals surface area contributed by atoms with E-state index in [-0.39, 0.29) is 23.0 Å². The van der Waals surface area contributed by atoms with E-state index in [1.165, 1.54) is 6.07 Å². The van der Waals surface area contributed by atoms with Crippen LogP contribution in [-0.2, 0) is 11.3 Å². The van der Waals surface area contributed by atoms with Gasteiger partial charge in [-0.2, -0.15) is 0 Å². The third-order valence-corrected chi connectivity index (χ3v) is 3.34. The molecular formula is C13H18FNOS. The van der Waals surface area contributed by atoms with Gasteiger partial charge in [0.25, 0.3) is 0 Å². The first kappa shape index (κ1) is 14.0. The van der Waals surface area contributed by atoms with Crippen LogP contribution in [0.2, 0.25) is 0 Å². The fraction of sp³-hybridized carbons (Fsp3) is 0.462. The summed E-state index contributed by atoms with van der Waals surface area (Å²) >= 11 is 1.58. The number of hydrogen-bond donors (Lipinski definition) is 1. The lowest BCUT2D eigenvalue weighted by atomic mass is 10.2. The van der Waals surface area contributed by atoms with E-state index >= 15 is 0 Å². The third-order valence-electron chi connectivity index (χ3n) is 2.07. The molecule has 0 spiro atoms. The molecule has 0 heterocycles. The van der Waals surface area contributed by atoms with Crippen molar-refractivity contribution in [2.24, 2.45) is 0 Å². The maximum Gasteiger partial charge on any atom is 0.230 e. The summed E-state index contributed by atoms with van der Waals surface area (Å²) in [5.41, 5.74) is 0.515. The van der Waals surface area contributed by atoms with Crippen molar-refractivity contribution in [2.45, 2.75) is 32.1 Å². The quantitative estimate of drug-likeness (QED) is 0.896. The highest BCUT2D eigenvalue weighted by Crippen LogP contribution is 2.22. The van der Waals surface area contributed by atoms with Gasteiger partial charge in [-0.3, -0.25) is 4.79 Å². The third kappa shape index (κ3) is 5.73. The molecule has 1 aromatic rings. The Hall–Kier alpha value is -1.03. The first-order valence-corrected chi connectivity index (χ1v) is 6.51. The van der Waals surface area contributed by atoms with Crippen molar-refractivity contribution in [3.8, 4) is 0 Å². The summed E-state index contributed by atoms with van der Waals surface area (Å²) in [4.78, 5) is 11.5. The largest absolute Gasteiger partial charge is 0.351 e. The zero-order valence-electron chi connectivity index (χ0n) is 10.4. The Kier molecular flexibility index (Phi) is 5.00. The Labute approximate surface area is 106 Å². The number of nitrogens with one attached hydrogen (secondary N) is 1. The molecule has 1 aromatic carbocycles. The van der Waals surface area contributed by atoms with E-state index in [4.69, 9.17) is 0 Å². The van der Waals surface area contributed by atoms with Crippen molar-refractivity contribution in [3.05, 3.63) is 35.6 Å². The molecule has 0 aliphatic carbocycles. The zero-order chi connectivity index (χ0) is 12.9. The van der Waals surface area contributed by atoms with Crippen LogP contribution >= 0.6 is 11.8 Å². The Morgan fingerprint density at radius 3 is 2.59 bits per heavy atom. The molecule has 0 unspecified atom stereocenters. The van der Waals surface area contributed by atoms with Crippen LogP contribution in [0, 0.1) is 5.82 Å². The summed E-state index contributed by atoms with van der Waals surface area (Å²) < 4.78 is 13.3. The molecule has 17 heavy (non-hydrogen) atoms. The van der Waals surface area contributed by atoms with Crippen LogP contribution in [-0.4, -0.2) is 16.4 Å². The van der Waals surface area contributed by atoms with Crippen LogP contribution in [0.5, 0.6) is 0 Å². The molecule has 4 heteroatoms. The van der Waals surface area contributed by atoms with Gasteiger partial charge in [-0.15, -0.1) is 11.8 Å². The lowest BCUT2D eigenvalue weighted by Gasteiger charge is -2.17. The van der Waals surface area contributed by atoms with E-state index in [1.807, 2.05) is 0 Å². The molecule has 1 N–H and O–H groups in total. The topological polar surface area (TPSA) is 29.1 Å². The van der Waals surface area contributed by atoms with Crippen molar-refractivity contribution < 1.29 is 9.18 Å². The van der Waals surface area contributed by atoms with E-state index in [0.29, 0.717) is 11.3 Å². The fourth-order valence-electron chi connectivity index (χ4n) is 1.17. The predicted octanol–water partition coefficient (Wildman–Crippen LogP) is 2.97. The number of rotatable bonds is 4. The molecule has 94 valence electrons. The predicted molar refractivity (Wildman–Crippen MR) is 70.5 cm³/mol. The first-order chi connectivity index (χ1) is 7.88. The summed E-state index contributed by atoms with van der Waals surface area (Å²) in [6.45, 7) is 6.42. The molecule has 0 bridgehead atoms. The second-order valence-corrected chi connectivity index (χ2v) is 6.57. The highest BCUT2D eigenvalue weighted by Gasteiger charge is 2.13. The van der Waals surface area contributed by atoms with Crippen molar-refractivity contribution in [2.75, 3.05) is 5.75 Å². The second kappa shape index (κ2) is 6.05. The number of carbonyl (C=O) groups is 1. The van der Waals surface area contributed by atoms with Crippen molar-refractivity contribution in [1.29, 1.82) is 0 Å². The maximum absolute atomic E-state index is 13.3.